The van der Waals surface area contributed by atoms with Crippen LogP contribution in [0.2, 0.25) is 0 Å². The van der Waals surface area contributed by atoms with Gasteiger partial charge in [0.15, 0.2) is 0 Å². The average Bonchev–Trinajstić information content (AvgIpc) is 2.74. The molecule has 2 aliphatic heterocycles. The van der Waals surface area contributed by atoms with Crippen molar-refractivity contribution in [1.82, 2.24) is 10.2 Å². The van der Waals surface area contributed by atoms with Crippen molar-refractivity contribution in [3.8, 4) is 0 Å². The van der Waals surface area contributed by atoms with Crippen molar-refractivity contribution in [1.29, 1.82) is 0 Å². The highest BCUT2D eigenvalue weighted by molar-refractivity contribution is 5.49. The van der Waals surface area contributed by atoms with Crippen LogP contribution in [0.15, 0.2) is 54.6 Å². The van der Waals surface area contributed by atoms with Crippen LogP contribution < -0.4 is 10.2 Å². The molecular weight excluding hydrogens is 330 g/mol. The van der Waals surface area contributed by atoms with Gasteiger partial charge in [0.05, 0.1) is 0 Å². The zero-order valence-electron chi connectivity index (χ0n) is 16.6. The lowest BCUT2D eigenvalue weighted by Crippen LogP contribution is -2.56. The number of rotatable bonds is 5. The second-order valence-corrected chi connectivity index (χ2v) is 8.22. The summed E-state index contributed by atoms with van der Waals surface area (Å²) in [5.74, 6) is 0.798. The fraction of sp³-hybridized carbons (Fsp3) is 0.500. The summed E-state index contributed by atoms with van der Waals surface area (Å²) in [6.07, 6.45) is 3.82. The van der Waals surface area contributed by atoms with Gasteiger partial charge in [-0.2, -0.15) is 0 Å². The van der Waals surface area contributed by atoms with Crippen LogP contribution in [0, 0.1) is 12.8 Å². The topological polar surface area (TPSA) is 18.5 Å². The molecule has 1 N–H and O–H groups in total. The molecule has 0 aromatic heterocycles. The van der Waals surface area contributed by atoms with E-state index in [1.54, 1.807) is 0 Å². The Hall–Kier alpha value is -1.84. The molecule has 27 heavy (non-hydrogen) atoms. The summed E-state index contributed by atoms with van der Waals surface area (Å²) in [6, 6.07) is 20.7. The third-order valence-electron chi connectivity index (χ3n) is 6.38. The van der Waals surface area contributed by atoms with E-state index in [9.17, 15) is 0 Å². The van der Waals surface area contributed by atoms with Crippen LogP contribution in [0.1, 0.15) is 24.0 Å². The highest BCUT2D eigenvalue weighted by Crippen LogP contribution is 2.29. The predicted octanol–water partition coefficient (Wildman–Crippen LogP) is 3.73. The summed E-state index contributed by atoms with van der Waals surface area (Å²) in [5, 5.41) is 3.65. The quantitative estimate of drug-likeness (QED) is 0.873. The summed E-state index contributed by atoms with van der Waals surface area (Å²) >= 11 is 0. The molecule has 0 aliphatic carbocycles. The van der Waals surface area contributed by atoms with Crippen LogP contribution >= 0.6 is 0 Å². The number of piperazine rings is 1. The van der Waals surface area contributed by atoms with Crippen LogP contribution in [0.4, 0.5) is 5.69 Å². The zero-order chi connectivity index (χ0) is 18.5. The molecule has 0 amide bonds. The van der Waals surface area contributed by atoms with Gasteiger partial charge in [-0.15, -0.1) is 0 Å². The molecule has 2 aromatic carbocycles. The Kier molecular flexibility index (Phi) is 6.10. The molecule has 2 aliphatic rings. The van der Waals surface area contributed by atoms with Crippen molar-refractivity contribution in [2.45, 2.75) is 32.2 Å². The van der Waals surface area contributed by atoms with E-state index in [2.05, 4.69) is 76.6 Å². The van der Waals surface area contributed by atoms with Crippen LogP contribution in [-0.4, -0.2) is 50.2 Å². The number of hydrogen-bond acceptors (Lipinski definition) is 3. The Morgan fingerprint density at radius 3 is 2.41 bits per heavy atom. The summed E-state index contributed by atoms with van der Waals surface area (Å²) < 4.78 is 0. The molecule has 1 atom stereocenters. The zero-order valence-corrected chi connectivity index (χ0v) is 16.6. The fourth-order valence-electron chi connectivity index (χ4n) is 4.70. The van der Waals surface area contributed by atoms with Crippen LogP contribution in [0.3, 0.4) is 0 Å². The first-order chi connectivity index (χ1) is 13.3. The molecule has 2 fully saturated rings. The number of nitrogens with zero attached hydrogens (tertiary/aromatic N) is 2. The van der Waals surface area contributed by atoms with Gasteiger partial charge >= 0.3 is 0 Å². The first-order valence-electron chi connectivity index (χ1n) is 10.6. The number of benzene rings is 2. The maximum absolute atomic E-state index is 3.65. The van der Waals surface area contributed by atoms with Gasteiger partial charge in [0.25, 0.3) is 0 Å². The molecule has 0 bridgehead atoms. The summed E-state index contributed by atoms with van der Waals surface area (Å²) in [5.41, 5.74) is 4.21. The molecule has 144 valence electrons. The van der Waals surface area contributed by atoms with Crippen molar-refractivity contribution >= 4 is 5.69 Å². The minimum atomic E-state index is 0.637. The lowest BCUT2D eigenvalue weighted by molar-refractivity contribution is 0.162. The molecule has 2 heterocycles. The fourth-order valence-corrected chi connectivity index (χ4v) is 4.70. The van der Waals surface area contributed by atoms with Crippen LogP contribution in [-0.2, 0) is 6.42 Å². The normalized spacial score (nSPS) is 22.1. The van der Waals surface area contributed by atoms with Gasteiger partial charge in [-0.3, -0.25) is 0 Å². The number of nitrogens with one attached hydrogen (secondary N) is 1. The Balaban J connectivity index is 1.32. The highest BCUT2D eigenvalue weighted by atomic mass is 15.2. The van der Waals surface area contributed by atoms with E-state index in [-0.39, 0.29) is 0 Å². The van der Waals surface area contributed by atoms with E-state index >= 15 is 0 Å². The first-order valence-corrected chi connectivity index (χ1v) is 10.6. The Morgan fingerprint density at radius 1 is 0.926 bits per heavy atom. The van der Waals surface area contributed by atoms with Crippen LogP contribution in [0.5, 0.6) is 0 Å². The molecule has 4 rings (SSSR count). The predicted molar refractivity (Wildman–Crippen MR) is 114 cm³/mol. The molecule has 1 unspecified atom stereocenters. The Labute approximate surface area is 164 Å². The largest absolute Gasteiger partial charge is 0.366 e. The SMILES string of the molecule is Cc1ccc(N2CCNCC2C2CCN(CCc3ccccc3)CC2)cc1. The number of anilines is 1. The second kappa shape index (κ2) is 8.90. The Morgan fingerprint density at radius 2 is 1.67 bits per heavy atom. The van der Waals surface area contributed by atoms with Gasteiger partial charge in [0.2, 0.25) is 0 Å². The molecule has 3 heteroatoms. The van der Waals surface area contributed by atoms with Gasteiger partial charge in [0, 0.05) is 37.9 Å². The maximum Gasteiger partial charge on any atom is 0.0444 e. The van der Waals surface area contributed by atoms with Crippen molar-refractivity contribution in [2.75, 3.05) is 44.2 Å². The standard InChI is InChI=1S/C24H33N3/c1-20-7-9-23(10-8-20)27-18-14-25-19-24(27)22-12-16-26(17-13-22)15-11-21-5-3-2-4-6-21/h2-10,22,24-25H,11-19H2,1H3. The third-order valence-corrected chi connectivity index (χ3v) is 6.38. The van der Waals surface area contributed by atoms with E-state index in [4.69, 9.17) is 0 Å². The van der Waals surface area contributed by atoms with E-state index in [0.717, 1.165) is 25.6 Å². The second-order valence-electron chi connectivity index (χ2n) is 8.22. The maximum atomic E-state index is 3.65. The number of hydrogen-bond donors (Lipinski definition) is 1. The molecule has 0 saturated carbocycles. The molecule has 3 nitrogen and oxygen atoms in total. The molecule has 0 spiro atoms. The van der Waals surface area contributed by atoms with E-state index in [1.165, 1.54) is 55.7 Å². The monoisotopic (exact) mass is 363 g/mol. The minimum absolute atomic E-state index is 0.637. The number of piperidine rings is 1. The van der Waals surface area contributed by atoms with E-state index < -0.39 is 0 Å². The Bertz CT molecular complexity index is 689. The van der Waals surface area contributed by atoms with Crippen molar-refractivity contribution < 1.29 is 0 Å². The minimum Gasteiger partial charge on any atom is -0.366 e. The highest BCUT2D eigenvalue weighted by Gasteiger charge is 2.32. The lowest BCUT2D eigenvalue weighted by Gasteiger charge is -2.45. The summed E-state index contributed by atoms with van der Waals surface area (Å²) in [4.78, 5) is 5.33. The molecule has 2 saturated heterocycles. The third kappa shape index (κ3) is 4.72. The summed E-state index contributed by atoms with van der Waals surface area (Å²) in [6.45, 7) is 9.21. The van der Waals surface area contributed by atoms with Crippen molar-refractivity contribution in [2.24, 2.45) is 5.92 Å². The lowest BCUT2D eigenvalue weighted by atomic mass is 9.87. The van der Waals surface area contributed by atoms with Crippen molar-refractivity contribution in [3.05, 3.63) is 65.7 Å². The van der Waals surface area contributed by atoms with E-state index in [0.29, 0.717) is 6.04 Å². The van der Waals surface area contributed by atoms with Gasteiger partial charge < -0.3 is 15.1 Å². The number of likely N-dealkylation sites (tertiary alicyclic amines) is 1. The molecule has 0 radical (unpaired) electrons. The molecular formula is C24H33N3. The first kappa shape index (κ1) is 18.5. The number of aryl methyl sites for hydroxylation is 1. The van der Waals surface area contributed by atoms with E-state index in [1.807, 2.05) is 0 Å². The average molecular weight is 364 g/mol. The van der Waals surface area contributed by atoms with Gasteiger partial charge in [-0.05, 0) is 62.9 Å². The smallest absolute Gasteiger partial charge is 0.0444 e. The molecule has 2 aromatic rings. The van der Waals surface area contributed by atoms with Crippen molar-refractivity contribution in [3.63, 3.8) is 0 Å². The van der Waals surface area contributed by atoms with Gasteiger partial charge in [0.1, 0.15) is 0 Å². The van der Waals surface area contributed by atoms with Gasteiger partial charge in [-0.25, -0.2) is 0 Å². The summed E-state index contributed by atoms with van der Waals surface area (Å²) in [7, 11) is 0. The van der Waals surface area contributed by atoms with Gasteiger partial charge in [-0.1, -0.05) is 48.0 Å². The van der Waals surface area contributed by atoms with Crippen LogP contribution in [0.25, 0.3) is 0 Å².